The van der Waals surface area contributed by atoms with E-state index in [4.69, 9.17) is 0 Å². The van der Waals surface area contributed by atoms with E-state index < -0.39 is 0 Å². The van der Waals surface area contributed by atoms with Crippen LogP contribution in [0, 0.1) is 0 Å². The van der Waals surface area contributed by atoms with Gasteiger partial charge < -0.3 is 0 Å². The van der Waals surface area contributed by atoms with Crippen molar-refractivity contribution >= 4 is 117 Å². The van der Waals surface area contributed by atoms with Crippen LogP contribution in [-0.4, -0.2) is 56.2 Å². The maximum atomic E-state index is 2.62. The summed E-state index contributed by atoms with van der Waals surface area (Å²) in [4.78, 5) is 0. The van der Waals surface area contributed by atoms with E-state index in [9.17, 15) is 0 Å². The van der Waals surface area contributed by atoms with Crippen molar-refractivity contribution in [3.63, 3.8) is 0 Å². The predicted octanol–water partition coefficient (Wildman–Crippen LogP) is 7.73. The van der Waals surface area contributed by atoms with Crippen LogP contribution in [0.25, 0.3) is 49.7 Å². The average Bonchev–Trinajstić information content (AvgIpc) is 3.55. The van der Waals surface area contributed by atoms with Gasteiger partial charge in [-0.15, -0.1) is 0 Å². The van der Waals surface area contributed by atoms with Crippen LogP contribution < -0.4 is 43.2 Å². The SMILES string of the molecule is CC(C)(C)c1ccc(-c2cc3c4c(c2)[Se]c2cc(-n5c6ccc(C(C)(C)C)cc6c6cc(C(C)(C)C)ccc65)cc5c2B4c2c(cc(-c4ccc(C(C)(C)C)cc4)cc2[Se]5)[Se]3)cc1. The van der Waals surface area contributed by atoms with Crippen LogP contribution in [0.2, 0.25) is 0 Å². The summed E-state index contributed by atoms with van der Waals surface area (Å²) in [7, 11) is 0. The molecule has 3 aliphatic rings. The maximum absolute atomic E-state index is 2.62. The molecule has 0 N–H and O–H groups in total. The number of benzene rings is 7. The Bertz CT molecular complexity index is 3000. The number of rotatable bonds is 3. The molecule has 0 unspecified atom stereocenters. The van der Waals surface area contributed by atoms with Crippen molar-refractivity contribution in [2.75, 3.05) is 0 Å². The summed E-state index contributed by atoms with van der Waals surface area (Å²) in [5, 5.41) is 2.71. The quantitative estimate of drug-likeness (QED) is 0.160. The first-order valence-electron chi connectivity index (χ1n) is 22.6. The van der Waals surface area contributed by atoms with E-state index in [1.165, 1.54) is 72.0 Å². The molecule has 0 aliphatic carbocycles. The van der Waals surface area contributed by atoms with Gasteiger partial charge in [0.1, 0.15) is 0 Å². The Morgan fingerprint density at radius 2 is 0.635 bits per heavy atom. The van der Waals surface area contributed by atoms with Crippen molar-refractivity contribution < 1.29 is 0 Å². The molecule has 8 aromatic rings. The van der Waals surface area contributed by atoms with E-state index in [-0.39, 0.29) is 66.5 Å². The van der Waals surface area contributed by atoms with E-state index in [1.54, 1.807) is 43.2 Å². The Morgan fingerprint density at radius 1 is 0.333 bits per heavy atom. The van der Waals surface area contributed by atoms with E-state index in [0.717, 1.165) is 0 Å². The summed E-state index contributed by atoms with van der Waals surface area (Å²) in [6, 6.07) is 49.1. The summed E-state index contributed by atoms with van der Waals surface area (Å²) in [6.45, 7) is 28.2. The van der Waals surface area contributed by atoms with E-state index in [1.807, 2.05) is 0 Å². The summed E-state index contributed by atoms with van der Waals surface area (Å²) >= 11 is 0.570. The van der Waals surface area contributed by atoms with Gasteiger partial charge in [0.15, 0.2) is 0 Å². The van der Waals surface area contributed by atoms with Gasteiger partial charge in [-0.3, -0.25) is 0 Å². The molecule has 5 heteroatoms. The second-order valence-electron chi connectivity index (χ2n) is 22.3. The number of aromatic nitrogens is 1. The van der Waals surface area contributed by atoms with Gasteiger partial charge in [0.05, 0.1) is 0 Å². The van der Waals surface area contributed by atoms with Crippen molar-refractivity contribution in [2.45, 2.75) is 105 Å². The first-order valence-corrected chi connectivity index (χ1v) is 27.7. The Kier molecular flexibility index (Phi) is 9.41. The van der Waals surface area contributed by atoms with Gasteiger partial charge >= 0.3 is 397 Å². The van der Waals surface area contributed by atoms with Crippen molar-refractivity contribution in [2.24, 2.45) is 0 Å². The molecule has 0 saturated heterocycles. The first-order chi connectivity index (χ1) is 29.7. The summed E-state index contributed by atoms with van der Waals surface area (Å²) < 4.78 is 12.1. The van der Waals surface area contributed by atoms with Crippen LogP contribution in [-0.2, 0) is 21.7 Å². The van der Waals surface area contributed by atoms with Crippen molar-refractivity contribution in [1.29, 1.82) is 0 Å². The number of hydrogen-bond acceptors (Lipinski definition) is 0. The van der Waals surface area contributed by atoms with E-state index in [2.05, 4.69) is 209 Å². The van der Waals surface area contributed by atoms with Crippen LogP contribution in [0.15, 0.2) is 121 Å². The van der Waals surface area contributed by atoms with Gasteiger partial charge in [0, 0.05) is 0 Å². The molecular weight excluding hydrogens is 958 g/mol. The zero-order chi connectivity index (χ0) is 44.1. The molecular formula is C58H56BNSe3. The minimum absolute atomic E-state index is 0.0615. The molecule has 0 spiro atoms. The van der Waals surface area contributed by atoms with Crippen LogP contribution in [0.1, 0.15) is 105 Å². The van der Waals surface area contributed by atoms with E-state index >= 15 is 0 Å². The summed E-state index contributed by atoms with van der Waals surface area (Å²) in [6.07, 6.45) is 0. The molecule has 1 aromatic heterocycles. The number of nitrogens with zero attached hydrogens (tertiary/aromatic N) is 1. The Morgan fingerprint density at radius 3 is 0.952 bits per heavy atom. The molecule has 4 heterocycles. The topological polar surface area (TPSA) is 4.93 Å². The molecule has 7 aromatic carbocycles. The first kappa shape index (κ1) is 41.7. The monoisotopic (exact) mass is 1020 g/mol. The Hall–Kier alpha value is -4.04. The fourth-order valence-corrected chi connectivity index (χ4v) is 19.0. The minimum atomic E-state index is 0.0615. The molecule has 0 fully saturated rings. The zero-order valence-electron chi connectivity index (χ0n) is 38.8. The van der Waals surface area contributed by atoms with Crippen molar-refractivity contribution in [3.05, 3.63) is 144 Å². The Labute approximate surface area is 394 Å². The Balaban J connectivity index is 1.14. The molecule has 0 atom stereocenters. The molecule has 0 saturated carbocycles. The normalized spacial score (nSPS) is 14.4. The molecule has 0 radical (unpaired) electrons. The third-order valence-electron chi connectivity index (χ3n) is 13.7. The number of hydrogen-bond donors (Lipinski definition) is 0. The van der Waals surface area contributed by atoms with Gasteiger partial charge in [-0.2, -0.15) is 0 Å². The van der Waals surface area contributed by atoms with Gasteiger partial charge in [-0.05, 0) is 0 Å². The molecule has 63 heavy (non-hydrogen) atoms. The van der Waals surface area contributed by atoms with E-state index in [0.29, 0.717) is 6.71 Å². The van der Waals surface area contributed by atoms with Crippen LogP contribution >= 0.6 is 0 Å². The van der Waals surface area contributed by atoms with Gasteiger partial charge in [0.2, 0.25) is 0 Å². The number of fused-ring (bicyclic) bond motifs is 3. The summed E-state index contributed by atoms with van der Waals surface area (Å²) in [5.74, 6) is 0. The molecule has 3 aliphatic heterocycles. The predicted molar refractivity (Wildman–Crippen MR) is 279 cm³/mol. The third kappa shape index (κ3) is 6.92. The zero-order valence-corrected chi connectivity index (χ0v) is 43.9. The second kappa shape index (κ2) is 14.2. The average molecular weight is 1010 g/mol. The van der Waals surface area contributed by atoms with Crippen LogP contribution in [0.4, 0.5) is 0 Å². The summed E-state index contributed by atoms with van der Waals surface area (Å²) in [5.41, 5.74) is 20.1. The molecule has 314 valence electrons. The van der Waals surface area contributed by atoms with Gasteiger partial charge in [-0.25, -0.2) is 0 Å². The van der Waals surface area contributed by atoms with Crippen LogP contribution in [0.5, 0.6) is 0 Å². The molecule has 11 rings (SSSR count). The van der Waals surface area contributed by atoms with Gasteiger partial charge in [0.25, 0.3) is 0 Å². The van der Waals surface area contributed by atoms with Crippen LogP contribution in [0.3, 0.4) is 0 Å². The molecule has 0 bridgehead atoms. The molecule has 1 nitrogen and oxygen atoms in total. The molecule has 0 amide bonds. The van der Waals surface area contributed by atoms with Crippen molar-refractivity contribution in [3.8, 4) is 27.9 Å². The second-order valence-corrected chi connectivity index (χ2v) is 29.1. The van der Waals surface area contributed by atoms with Crippen molar-refractivity contribution in [1.82, 2.24) is 4.57 Å². The van der Waals surface area contributed by atoms with Gasteiger partial charge in [-0.1, -0.05) is 0 Å². The fourth-order valence-electron chi connectivity index (χ4n) is 9.96. The standard InChI is InChI=1S/C58H56BNSe3/c1-55(2,3)37-17-13-33(14-18-37)35-25-46-52-48(27-35)62-50-31-41(60-44-23-21-39(57(7,8)9)29-42(44)43-30-40(58(10,11)12)22-24-45(43)60)32-51-54(50)59(52)53-47(61-46)26-36(28-49(53)63-51)34-15-19-38(20-16-34)56(4,5)6/h13-32H,1-12H3. The third-order valence-corrected chi connectivity index (χ3v) is 20.8. The fraction of sp³-hybridized carbons (Fsp3) is 0.276.